The van der Waals surface area contributed by atoms with Gasteiger partial charge in [-0.3, -0.25) is 9.69 Å². The fourth-order valence-corrected chi connectivity index (χ4v) is 2.66. The monoisotopic (exact) mass is 286 g/mol. The first-order valence-corrected chi connectivity index (χ1v) is 7.20. The Bertz CT molecular complexity index is 615. The van der Waals surface area contributed by atoms with Gasteiger partial charge in [-0.1, -0.05) is 36.4 Å². The van der Waals surface area contributed by atoms with Crippen LogP contribution in [-0.4, -0.2) is 23.3 Å². The molecule has 1 atom stereocenters. The summed E-state index contributed by atoms with van der Waals surface area (Å²) in [6.45, 7) is 0.660. The zero-order valence-corrected chi connectivity index (χ0v) is 11.8. The first-order chi connectivity index (χ1) is 9.78. The highest BCUT2D eigenvalue weighted by molar-refractivity contribution is 6.18. The molecule has 0 bridgehead atoms. The Morgan fingerprint density at radius 3 is 2.65 bits per heavy atom. The van der Waals surface area contributed by atoms with Crippen molar-refractivity contribution < 1.29 is 4.79 Å². The highest BCUT2D eigenvalue weighted by Crippen LogP contribution is 2.26. The molecule has 1 aromatic heterocycles. The number of rotatable bonds is 3. The van der Waals surface area contributed by atoms with Gasteiger partial charge in [0, 0.05) is 24.4 Å². The maximum Gasteiger partial charge on any atom is 0.228 e. The van der Waals surface area contributed by atoms with Crippen molar-refractivity contribution in [2.75, 3.05) is 17.3 Å². The molecule has 1 saturated heterocycles. The van der Waals surface area contributed by atoms with E-state index in [1.165, 1.54) is 0 Å². The molecule has 0 radical (unpaired) electrons. The fraction of sp³-hybridized carbons (Fsp3) is 0.250. The van der Waals surface area contributed by atoms with Gasteiger partial charge in [-0.15, -0.1) is 11.6 Å². The van der Waals surface area contributed by atoms with Crippen molar-refractivity contribution in [2.45, 2.75) is 6.42 Å². The van der Waals surface area contributed by atoms with E-state index < -0.39 is 0 Å². The standard InChI is InChI=1S/C16H15ClN2O/c17-10-12-9-16(20)19(11-12)15-8-4-7-14(18-15)13-5-2-1-3-6-13/h1-8,12H,9-11H2. The molecule has 20 heavy (non-hydrogen) atoms. The van der Waals surface area contributed by atoms with Gasteiger partial charge in [-0.25, -0.2) is 4.98 Å². The maximum absolute atomic E-state index is 12.0. The molecule has 2 heterocycles. The number of anilines is 1. The van der Waals surface area contributed by atoms with Gasteiger partial charge >= 0.3 is 0 Å². The van der Waals surface area contributed by atoms with Crippen LogP contribution in [-0.2, 0) is 4.79 Å². The highest BCUT2D eigenvalue weighted by Gasteiger charge is 2.30. The minimum Gasteiger partial charge on any atom is -0.296 e. The van der Waals surface area contributed by atoms with Gasteiger partial charge in [-0.2, -0.15) is 0 Å². The lowest BCUT2D eigenvalue weighted by Crippen LogP contribution is -2.25. The second-order valence-electron chi connectivity index (χ2n) is 4.98. The number of benzene rings is 1. The molecular formula is C16H15ClN2O. The van der Waals surface area contributed by atoms with Crippen molar-refractivity contribution >= 4 is 23.3 Å². The number of aromatic nitrogens is 1. The zero-order valence-electron chi connectivity index (χ0n) is 11.0. The topological polar surface area (TPSA) is 33.2 Å². The predicted molar refractivity (Wildman–Crippen MR) is 80.9 cm³/mol. The maximum atomic E-state index is 12.0. The molecule has 1 aliphatic rings. The Hall–Kier alpha value is -1.87. The molecule has 1 amide bonds. The van der Waals surface area contributed by atoms with Crippen LogP contribution in [0.15, 0.2) is 48.5 Å². The number of hydrogen-bond acceptors (Lipinski definition) is 2. The van der Waals surface area contributed by atoms with Crippen molar-refractivity contribution in [1.82, 2.24) is 4.98 Å². The fourth-order valence-electron chi connectivity index (χ4n) is 2.45. The summed E-state index contributed by atoms with van der Waals surface area (Å²) in [5.41, 5.74) is 1.93. The first kappa shape index (κ1) is 13.1. The van der Waals surface area contributed by atoms with Crippen LogP contribution in [0.25, 0.3) is 11.3 Å². The Morgan fingerprint density at radius 1 is 1.15 bits per heavy atom. The zero-order chi connectivity index (χ0) is 13.9. The number of nitrogens with zero attached hydrogens (tertiary/aromatic N) is 2. The van der Waals surface area contributed by atoms with Gasteiger partial charge in [0.15, 0.2) is 0 Å². The Morgan fingerprint density at radius 2 is 1.95 bits per heavy atom. The molecule has 1 aromatic carbocycles. The Kier molecular flexibility index (Phi) is 3.70. The van der Waals surface area contributed by atoms with E-state index in [-0.39, 0.29) is 11.8 Å². The minimum absolute atomic E-state index is 0.105. The van der Waals surface area contributed by atoms with Crippen molar-refractivity contribution in [3.05, 3.63) is 48.5 Å². The third kappa shape index (κ3) is 2.54. The number of hydrogen-bond donors (Lipinski definition) is 0. The summed E-state index contributed by atoms with van der Waals surface area (Å²) in [6, 6.07) is 15.7. The summed E-state index contributed by atoms with van der Waals surface area (Å²) in [5.74, 6) is 1.56. The summed E-state index contributed by atoms with van der Waals surface area (Å²) < 4.78 is 0. The summed E-state index contributed by atoms with van der Waals surface area (Å²) in [4.78, 5) is 18.4. The second kappa shape index (κ2) is 5.63. The average Bonchev–Trinajstić information content (AvgIpc) is 2.89. The lowest BCUT2D eigenvalue weighted by Gasteiger charge is -2.16. The third-order valence-electron chi connectivity index (χ3n) is 3.50. The molecule has 0 aliphatic carbocycles. The van der Waals surface area contributed by atoms with Gasteiger partial charge < -0.3 is 0 Å². The van der Waals surface area contributed by atoms with E-state index in [1.54, 1.807) is 4.90 Å². The van der Waals surface area contributed by atoms with E-state index in [2.05, 4.69) is 4.98 Å². The van der Waals surface area contributed by atoms with E-state index in [4.69, 9.17) is 11.6 Å². The minimum atomic E-state index is 0.105. The van der Waals surface area contributed by atoms with Crippen LogP contribution in [0.3, 0.4) is 0 Å². The van der Waals surface area contributed by atoms with E-state index >= 15 is 0 Å². The van der Waals surface area contributed by atoms with Crippen molar-refractivity contribution in [2.24, 2.45) is 5.92 Å². The SMILES string of the molecule is O=C1CC(CCl)CN1c1cccc(-c2ccccc2)n1. The highest BCUT2D eigenvalue weighted by atomic mass is 35.5. The number of carbonyl (C=O) groups is 1. The van der Waals surface area contributed by atoms with Gasteiger partial charge in [-0.05, 0) is 18.1 Å². The summed E-state index contributed by atoms with van der Waals surface area (Å²) in [5, 5.41) is 0. The molecule has 1 aliphatic heterocycles. The lowest BCUT2D eigenvalue weighted by atomic mass is 10.1. The molecule has 3 nitrogen and oxygen atoms in total. The largest absolute Gasteiger partial charge is 0.296 e. The molecule has 0 spiro atoms. The molecule has 0 saturated carbocycles. The number of halogens is 1. The van der Waals surface area contributed by atoms with E-state index in [0.29, 0.717) is 24.7 Å². The van der Waals surface area contributed by atoms with Crippen LogP contribution < -0.4 is 4.90 Å². The molecule has 102 valence electrons. The molecular weight excluding hydrogens is 272 g/mol. The first-order valence-electron chi connectivity index (χ1n) is 6.67. The predicted octanol–water partition coefficient (Wildman–Crippen LogP) is 3.34. The normalized spacial score (nSPS) is 18.6. The van der Waals surface area contributed by atoms with Crippen LogP contribution in [0.2, 0.25) is 0 Å². The Labute approximate surface area is 123 Å². The average molecular weight is 287 g/mol. The summed E-state index contributed by atoms with van der Waals surface area (Å²) >= 11 is 5.85. The molecule has 1 fully saturated rings. The van der Waals surface area contributed by atoms with Crippen LogP contribution in [0, 0.1) is 5.92 Å². The molecule has 3 rings (SSSR count). The number of alkyl halides is 1. The van der Waals surface area contributed by atoms with Crippen molar-refractivity contribution in [1.29, 1.82) is 0 Å². The third-order valence-corrected chi connectivity index (χ3v) is 3.94. The van der Waals surface area contributed by atoms with E-state index in [9.17, 15) is 4.79 Å². The number of pyridine rings is 1. The summed E-state index contributed by atoms with van der Waals surface area (Å²) in [6.07, 6.45) is 0.515. The number of amides is 1. The Balaban J connectivity index is 1.91. The molecule has 1 unspecified atom stereocenters. The lowest BCUT2D eigenvalue weighted by molar-refractivity contribution is -0.117. The van der Waals surface area contributed by atoms with E-state index in [0.717, 1.165) is 11.3 Å². The molecule has 2 aromatic rings. The molecule has 4 heteroatoms. The van der Waals surface area contributed by atoms with Crippen molar-refractivity contribution in [3.8, 4) is 11.3 Å². The summed E-state index contributed by atoms with van der Waals surface area (Å²) in [7, 11) is 0. The van der Waals surface area contributed by atoms with E-state index in [1.807, 2.05) is 48.5 Å². The molecule has 0 N–H and O–H groups in total. The van der Waals surface area contributed by atoms with Crippen molar-refractivity contribution in [3.63, 3.8) is 0 Å². The smallest absolute Gasteiger partial charge is 0.228 e. The van der Waals surface area contributed by atoms with Crippen LogP contribution in [0.1, 0.15) is 6.42 Å². The number of carbonyl (C=O) groups excluding carboxylic acids is 1. The van der Waals surface area contributed by atoms with Gasteiger partial charge in [0.05, 0.1) is 5.69 Å². The van der Waals surface area contributed by atoms with Crippen LogP contribution in [0.5, 0.6) is 0 Å². The second-order valence-corrected chi connectivity index (χ2v) is 5.28. The van der Waals surface area contributed by atoms with Gasteiger partial charge in [0.25, 0.3) is 0 Å². The van der Waals surface area contributed by atoms with Gasteiger partial charge in [0.1, 0.15) is 5.82 Å². The van der Waals surface area contributed by atoms with Gasteiger partial charge in [0.2, 0.25) is 5.91 Å². The quantitative estimate of drug-likeness (QED) is 0.811. The van der Waals surface area contributed by atoms with Crippen LogP contribution in [0.4, 0.5) is 5.82 Å². The van der Waals surface area contributed by atoms with Crippen LogP contribution >= 0.6 is 11.6 Å².